The van der Waals surface area contributed by atoms with Crippen LogP contribution in [0.15, 0.2) is 12.3 Å². The van der Waals surface area contributed by atoms with E-state index < -0.39 is 0 Å². The molecular weight excluding hydrogens is 250 g/mol. The number of nitrogen functional groups attached to an aromatic ring is 1. The minimum Gasteiger partial charge on any atom is -0.397 e. The molecule has 3 N–H and O–H groups in total. The van der Waals surface area contributed by atoms with Crippen molar-refractivity contribution in [2.45, 2.75) is 58.9 Å². The quantitative estimate of drug-likeness (QED) is 0.868. The number of hydrogen-bond donors (Lipinski definition) is 2. The molecule has 0 unspecified atom stereocenters. The monoisotopic (exact) mass is 277 g/mol. The maximum Gasteiger partial charge on any atom is 0.268 e. The summed E-state index contributed by atoms with van der Waals surface area (Å²) in [5.41, 5.74) is 7.42. The predicted octanol–water partition coefficient (Wildman–Crippen LogP) is 3.18. The first-order valence-electron chi connectivity index (χ1n) is 7.78. The molecule has 0 radical (unpaired) electrons. The van der Waals surface area contributed by atoms with Gasteiger partial charge < -0.3 is 15.6 Å². The molecule has 1 aromatic heterocycles. The van der Waals surface area contributed by atoms with Crippen LogP contribution < -0.4 is 11.1 Å². The zero-order chi connectivity index (χ0) is 14.6. The van der Waals surface area contributed by atoms with Crippen LogP contribution in [-0.2, 0) is 6.54 Å². The second kappa shape index (κ2) is 6.33. The highest BCUT2D eigenvalue weighted by atomic mass is 16.1. The third-order valence-corrected chi connectivity index (χ3v) is 4.35. The molecule has 0 spiro atoms. The second-order valence-corrected chi connectivity index (χ2v) is 6.41. The van der Waals surface area contributed by atoms with E-state index in [2.05, 4.69) is 19.2 Å². The molecule has 1 aromatic rings. The predicted molar refractivity (Wildman–Crippen MR) is 82.7 cm³/mol. The average molecular weight is 277 g/mol. The fourth-order valence-electron chi connectivity index (χ4n) is 3.12. The van der Waals surface area contributed by atoms with Crippen LogP contribution in [0.4, 0.5) is 5.69 Å². The zero-order valence-electron chi connectivity index (χ0n) is 12.7. The largest absolute Gasteiger partial charge is 0.397 e. The molecule has 1 saturated carbocycles. The van der Waals surface area contributed by atoms with Crippen molar-refractivity contribution in [3.8, 4) is 0 Å². The lowest BCUT2D eigenvalue weighted by Crippen LogP contribution is -2.37. The Kier molecular flexibility index (Phi) is 4.73. The number of nitrogens with one attached hydrogen (secondary N) is 1. The lowest BCUT2D eigenvalue weighted by molar-refractivity contribution is 0.0910. The summed E-state index contributed by atoms with van der Waals surface area (Å²) in [5.74, 6) is 0.00180. The molecule has 1 amide bonds. The van der Waals surface area contributed by atoms with Gasteiger partial charge in [0.05, 0.1) is 5.69 Å². The number of rotatable bonds is 5. The molecule has 1 heterocycles. The molecule has 0 aromatic carbocycles. The van der Waals surface area contributed by atoms with Crippen LogP contribution in [0, 0.1) is 5.41 Å². The summed E-state index contributed by atoms with van der Waals surface area (Å²) in [7, 11) is 0. The molecule has 4 nitrogen and oxygen atoms in total. The van der Waals surface area contributed by atoms with E-state index in [0.29, 0.717) is 11.4 Å². The van der Waals surface area contributed by atoms with Crippen molar-refractivity contribution in [2.75, 3.05) is 12.3 Å². The summed E-state index contributed by atoms with van der Waals surface area (Å²) < 4.78 is 1.95. The van der Waals surface area contributed by atoms with Crippen molar-refractivity contribution in [2.24, 2.45) is 5.41 Å². The summed E-state index contributed by atoms with van der Waals surface area (Å²) in [6, 6.07) is 1.77. The van der Waals surface area contributed by atoms with Gasteiger partial charge in [0.15, 0.2) is 0 Å². The van der Waals surface area contributed by atoms with E-state index in [9.17, 15) is 4.79 Å². The van der Waals surface area contributed by atoms with E-state index in [0.717, 1.165) is 19.5 Å². The topological polar surface area (TPSA) is 60.0 Å². The lowest BCUT2D eigenvalue weighted by Gasteiger charge is -2.33. The van der Waals surface area contributed by atoms with Crippen molar-refractivity contribution < 1.29 is 4.79 Å². The maximum absolute atomic E-state index is 12.4. The Hall–Kier alpha value is -1.45. The van der Waals surface area contributed by atoms with Crippen LogP contribution in [0.5, 0.6) is 0 Å². The number of aromatic nitrogens is 1. The lowest BCUT2D eigenvalue weighted by atomic mass is 9.76. The van der Waals surface area contributed by atoms with E-state index in [1.165, 1.54) is 32.1 Å². The Labute approximate surface area is 121 Å². The number of nitrogens with two attached hydrogens (primary N) is 1. The molecule has 20 heavy (non-hydrogen) atoms. The van der Waals surface area contributed by atoms with Crippen molar-refractivity contribution in [3.05, 3.63) is 18.0 Å². The molecular formula is C16H27N3O. The first-order chi connectivity index (χ1) is 9.54. The molecule has 0 atom stereocenters. The number of anilines is 1. The van der Waals surface area contributed by atoms with Crippen LogP contribution in [0.25, 0.3) is 0 Å². The number of aryl methyl sites for hydroxylation is 1. The minimum atomic E-state index is 0.00180. The van der Waals surface area contributed by atoms with Crippen LogP contribution in [0.3, 0.4) is 0 Å². The van der Waals surface area contributed by atoms with Crippen molar-refractivity contribution in [1.29, 1.82) is 0 Å². The highest BCUT2D eigenvalue weighted by molar-refractivity contribution is 5.93. The van der Waals surface area contributed by atoms with E-state index in [1.54, 1.807) is 6.07 Å². The van der Waals surface area contributed by atoms with Gasteiger partial charge in [-0.1, -0.05) is 33.1 Å². The first-order valence-corrected chi connectivity index (χ1v) is 7.78. The second-order valence-electron chi connectivity index (χ2n) is 6.41. The summed E-state index contributed by atoms with van der Waals surface area (Å²) in [4.78, 5) is 12.4. The van der Waals surface area contributed by atoms with Crippen molar-refractivity contribution in [1.82, 2.24) is 9.88 Å². The van der Waals surface area contributed by atoms with Crippen LogP contribution >= 0.6 is 0 Å². The van der Waals surface area contributed by atoms with E-state index in [4.69, 9.17) is 5.73 Å². The molecule has 2 rings (SSSR count). The summed E-state index contributed by atoms with van der Waals surface area (Å²) in [5, 5.41) is 3.11. The third-order valence-electron chi connectivity index (χ3n) is 4.35. The molecule has 1 aliphatic rings. The SMILES string of the molecule is CCCn1cc(N)cc1C(=O)NCC1(C)CCCCC1. The Morgan fingerprint density at radius 3 is 2.75 bits per heavy atom. The Morgan fingerprint density at radius 2 is 2.10 bits per heavy atom. The van der Waals surface area contributed by atoms with Crippen LogP contribution in [0.1, 0.15) is 62.9 Å². The molecule has 4 heteroatoms. The number of carbonyl (C=O) groups is 1. The fraction of sp³-hybridized carbons (Fsp3) is 0.688. The average Bonchev–Trinajstić information content (AvgIpc) is 2.79. The Balaban J connectivity index is 1.97. The highest BCUT2D eigenvalue weighted by Gasteiger charge is 2.27. The summed E-state index contributed by atoms with van der Waals surface area (Å²) >= 11 is 0. The van der Waals surface area contributed by atoms with Gasteiger partial charge in [0.25, 0.3) is 5.91 Å². The molecule has 112 valence electrons. The Morgan fingerprint density at radius 1 is 1.40 bits per heavy atom. The zero-order valence-corrected chi connectivity index (χ0v) is 12.7. The normalized spacial score (nSPS) is 17.9. The van der Waals surface area contributed by atoms with Gasteiger partial charge in [-0.15, -0.1) is 0 Å². The number of nitrogens with zero attached hydrogens (tertiary/aromatic N) is 1. The van der Waals surface area contributed by atoms with Gasteiger partial charge in [0.1, 0.15) is 5.69 Å². The van der Waals surface area contributed by atoms with E-state index in [-0.39, 0.29) is 11.3 Å². The molecule has 0 aliphatic heterocycles. The molecule has 1 aliphatic carbocycles. The van der Waals surface area contributed by atoms with Crippen molar-refractivity contribution in [3.63, 3.8) is 0 Å². The molecule has 0 bridgehead atoms. The van der Waals surface area contributed by atoms with Gasteiger partial charge in [-0.25, -0.2) is 0 Å². The summed E-state index contributed by atoms with van der Waals surface area (Å²) in [6.07, 6.45) is 9.17. The van der Waals surface area contributed by atoms with Gasteiger partial charge in [-0.05, 0) is 30.7 Å². The first kappa shape index (κ1) is 14.9. The fourth-order valence-corrected chi connectivity index (χ4v) is 3.12. The number of carbonyl (C=O) groups excluding carboxylic acids is 1. The molecule has 1 fully saturated rings. The summed E-state index contributed by atoms with van der Waals surface area (Å²) in [6.45, 7) is 5.98. The number of amides is 1. The van der Waals surface area contributed by atoms with Gasteiger partial charge >= 0.3 is 0 Å². The van der Waals surface area contributed by atoms with Gasteiger partial charge in [0, 0.05) is 19.3 Å². The van der Waals surface area contributed by atoms with Gasteiger partial charge in [-0.3, -0.25) is 4.79 Å². The van der Waals surface area contributed by atoms with Gasteiger partial charge in [-0.2, -0.15) is 0 Å². The van der Waals surface area contributed by atoms with Crippen molar-refractivity contribution >= 4 is 11.6 Å². The van der Waals surface area contributed by atoms with E-state index in [1.807, 2.05) is 10.8 Å². The van der Waals surface area contributed by atoms with Crippen LogP contribution in [0.2, 0.25) is 0 Å². The highest BCUT2D eigenvalue weighted by Crippen LogP contribution is 2.34. The standard InChI is InChI=1S/C16H27N3O/c1-3-9-19-11-13(17)10-14(19)15(20)18-12-16(2)7-5-4-6-8-16/h10-11H,3-9,12,17H2,1-2H3,(H,18,20). The molecule has 0 saturated heterocycles. The maximum atomic E-state index is 12.4. The number of hydrogen-bond acceptors (Lipinski definition) is 2. The minimum absolute atomic E-state index is 0.00180. The van der Waals surface area contributed by atoms with Crippen LogP contribution in [-0.4, -0.2) is 17.0 Å². The smallest absolute Gasteiger partial charge is 0.268 e. The van der Waals surface area contributed by atoms with E-state index >= 15 is 0 Å². The Bertz CT molecular complexity index is 458. The van der Waals surface area contributed by atoms with Gasteiger partial charge in [0.2, 0.25) is 0 Å². The third kappa shape index (κ3) is 3.56.